The van der Waals surface area contributed by atoms with Gasteiger partial charge in [0, 0.05) is 12.8 Å². The van der Waals surface area contributed by atoms with Crippen molar-refractivity contribution in [2.45, 2.75) is 168 Å². The first kappa shape index (κ1) is 32.7. The standard InChI is InChI=1S/C30H56O4/c1-3-5-7-9-10-11-12-13-14-15-19-23-27-30(33)34-28(24-20-8-6-4-2)25-21-17-16-18-22-26-29(31)32/h9-10,28H,3-8,11-27H2,1-2H3,(H,31,32)/b10-9-. The van der Waals surface area contributed by atoms with E-state index in [2.05, 4.69) is 26.0 Å². The van der Waals surface area contributed by atoms with Crippen LogP contribution in [0.4, 0.5) is 0 Å². The number of esters is 1. The van der Waals surface area contributed by atoms with Crippen LogP contribution in [0.5, 0.6) is 0 Å². The summed E-state index contributed by atoms with van der Waals surface area (Å²) in [7, 11) is 0. The van der Waals surface area contributed by atoms with E-state index in [9.17, 15) is 9.59 Å². The van der Waals surface area contributed by atoms with Gasteiger partial charge in [-0.2, -0.15) is 0 Å². The lowest BCUT2D eigenvalue weighted by Crippen LogP contribution is -2.18. The molecule has 0 saturated carbocycles. The Morgan fingerprint density at radius 2 is 1.09 bits per heavy atom. The van der Waals surface area contributed by atoms with Gasteiger partial charge in [-0.3, -0.25) is 9.59 Å². The molecule has 1 unspecified atom stereocenters. The van der Waals surface area contributed by atoms with Crippen molar-refractivity contribution in [3.05, 3.63) is 12.2 Å². The van der Waals surface area contributed by atoms with Crippen LogP contribution in [0.1, 0.15) is 162 Å². The summed E-state index contributed by atoms with van der Waals surface area (Å²) in [6, 6.07) is 0. The molecule has 0 aliphatic rings. The van der Waals surface area contributed by atoms with Gasteiger partial charge in [-0.05, 0) is 57.8 Å². The monoisotopic (exact) mass is 480 g/mol. The topological polar surface area (TPSA) is 63.6 Å². The molecule has 1 N–H and O–H groups in total. The molecular weight excluding hydrogens is 424 g/mol. The van der Waals surface area contributed by atoms with Gasteiger partial charge < -0.3 is 9.84 Å². The van der Waals surface area contributed by atoms with Crippen molar-refractivity contribution in [1.82, 2.24) is 0 Å². The molecule has 0 aliphatic carbocycles. The van der Waals surface area contributed by atoms with Crippen molar-refractivity contribution < 1.29 is 19.4 Å². The van der Waals surface area contributed by atoms with E-state index in [0.717, 1.165) is 64.2 Å². The van der Waals surface area contributed by atoms with E-state index < -0.39 is 5.97 Å². The maximum atomic E-state index is 12.4. The fourth-order valence-electron chi connectivity index (χ4n) is 4.28. The van der Waals surface area contributed by atoms with Crippen LogP contribution in [0.2, 0.25) is 0 Å². The average molecular weight is 481 g/mol. The summed E-state index contributed by atoms with van der Waals surface area (Å²) in [6.45, 7) is 4.45. The maximum absolute atomic E-state index is 12.4. The van der Waals surface area contributed by atoms with E-state index in [1.807, 2.05) is 0 Å². The molecule has 0 saturated heterocycles. The minimum Gasteiger partial charge on any atom is -0.481 e. The van der Waals surface area contributed by atoms with E-state index in [1.54, 1.807) is 0 Å². The molecule has 0 spiro atoms. The quantitative estimate of drug-likeness (QED) is 0.0760. The van der Waals surface area contributed by atoms with Crippen molar-refractivity contribution in [3.8, 4) is 0 Å². The lowest BCUT2D eigenvalue weighted by atomic mass is 10.0. The van der Waals surface area contributed by atoms with Gasteiger partial charge in [0.25, 0.3) is 0 Å². The van der Waals surface area contributed by atoms with Gasteiger partial charge in [0.1, 0.15) is 6.10 Å². The van der Waals surface area contributed by atoms with Crippen LogP contribution < -0.4 is 0 Å². The van der Waals surface area contributed by atoms with Crippen LogP contribution in [0.3, 0.4) is 0 Å². The molecule has 0 rings (SSSR count). The molecule has 0 aromatic heterocycles. The highest BCUT2D eigenvalue weighted by Crippen LogP contribution is 2.18. The van der Waals surface area contributed by atoms with Crippen LogP contribution in [0.15, 0.2) is 12.2 Å². The van der Waals surface area contributed by atoms with Crippen molar-refractivity contribution in [2.24, 2.45) is 0 Å². The Balaban J connectivity index is 3.88. The summed E-state index contributed by atoms with van der Waals surface area (Å²) >= 11 is 0. The summed E-state index contributed by atoms with van der Waals surface area (Å²) in [5, 5.41) is 8.71. The Labute approximate surface area is 211 Å². The summed E-state index contributed by atoms with van der Waals surface area (Å²) in [5.41, 5.74) is 0. The molecule has 0 amide bonds. The lowest BCUT2D eigenvalue weighted by molar-refractivity contribution is -0.150. The lowest BCUT2D eigenvalue weighted by Gasteiger charge is -2.18. The first-order chi connectivity index (χ1) is 16.6. The highest BCUT2D eigenvalue weighted by Gasteiger charge is 2.14. The molecule has 1 atom stereocenters. The summed E-state index contributed by atoms with van der Waals surface area (Å²) < 4.78 is 5.87. The highest BCUT2D eigenvalue weighted by molar-refractivity contribution is 5.69. The van der Waals surface area contributed by atoms with Crippen molar-refractivity contribution in [2.75, 3.05) is 0 Å². The van der Waals surface area contributed by atoms with Crippen LogP contribution in [0.25, 0.3) is 0 Å². The van der Waals surface area contributed by atoms with Gasteiger partial charge in [0.2, 0.25) is 0 Å². The van der Waals surface area contributed by atoms with E-state index in [1.165, 1.54) is 70.6 Å². The number of hydrogen-bond donors (Lipinski definition) is 1. The molecular formula is C30H56O4. The SMILES string of the molecule is CCCC/C=C\CCCCCCCCC(=O)OC(CCCCCC)CCCCCCCC(=O)O. The minimum atomic E-state index is -0.704. The van der Waals surface area contributed by atoms with Crippen LogP contribution in [0, 0.1) is 0 Å². The molecule has 0 aromatic rings. The molecule has 4 nitrogen and oxygen atoms in total. The zero-order chi connectivity index (χ0) is 25.1. The smallest absolute Gasteiger partial charge is 0.306 e. The molecule has 0 bridgehead atoms. The third-order valence-electron chi connectivity index (χ3n) is 6.49. The second-order valence-corrected chi connectivity index (χ2v) is 9.94. The molecule has 0 radical (unpaired) electrons. The van der Waals surface area contributed by atoms with Crippen molar-refractivity contribution in [1.29, 1.82) is 0 Å². The number of rotatable bonds is 26. The Bertz CT molecular complexity index is 486. The normalized spacial score (nSPS) is 12.3. The van der Waals surface area contributed by atoms with Crippen molar-refractivity contribution in [3.63, 3.8) is 0 Å². The van der Waals surface area contributed by atoms with Crippen LogP contribution >= 0.6 is 0 Å². The third kappa shape index (κ3) is 25.3. The third-order valence-corrected chi connectivity index (χ3v) is 6.49. The summed E-state index contributed by atoms with van der Waals surface area (Å²) in [5.74, 6) is -0.719. The fourth-order valence-corrected chi connectivity index (χ4v) is 4.28. The Kier molecular flexibility index (Phi) is 25.3. The van der Waals surface area contributed by atoms with Crippen LogP contribution in [-0.4, -0.2) is 23.1 Å². The minimum absolute atomic E-state index is 0.0147. The maximum Gasteiger partial charge on any atom is 0.306 e. The van der Waals surface area contributed by atoms with Crippen molar-refractivity contribution >= 4 is 11.9 Å². The Hall–Kier alpha value is -1.32. The van der Waals surface area contributed by atoms with Gasteiger partial charge in [0.15, 0.2) is 0 Å². The van der Waals surface area contributed by atoms with Gasteiger partial charge in [-0.25, -0.2) is 0 Å². The molecule has 4 heteroatoms. The zero-order valence-corrected chi connectivity index (χ0v) is 22.7. The predicted molar refractivity (Wildman–Crippen MR) is 144 cm³/mol. The highest BCUT2D eigenvalue weighted by atomic mass is 16.5. The molecule has 0 aromatic carbocycles. The van der Waals surface area contributed by atoms with E-state index in [0.29, 0.717) is 6.42 Å². The second kappa shape index (κ2) is 26.3. The number of aliphatic carboxylic acids is 1. The number of carbonyl (C=O) groups excluding carboxylic acids is 1. The second-order valence-electron chi connectivity index (χ2n) is 9.94. The fraction of sp³-hybridized carbons (Fsp3) is 0.867. The van der Waals surface area contributed by atoms with Gasteiger partial charge in [-0.15, -0.1) is 0 Å². The van der Waals surface area contributed by atoms with E-state index >= 15 is 0 Å². The number of hydrogen-bond acceptors (Lipinski definition) is 3. The number of carboxylic acids is 1. The Morgan fingerprint density at radius 3 is 1.68 bits per heavy atom. The number of ether oxygens (including phenoxy) is 1. The van der Waals surface area contributed by atoms with Gasteiger partial charge in [0.05, 0.1) is 0 Å². The van der Waals surface area contributed by atoms with Crippen LogP contribution in [-0.2, 0) is 14.3 Å². The van der Waals surface area contributed by atoms with Gasteiger partial charge in [-0.1, -0.05) is 103 Å². The predicted octanol–water partition coefficient (Wildman–Crippen LogP) is 9.55. The average Bonchev–Trinajstić information content (AvgIpc) is 2.81. The molecule has 200 valence electrons. The first-order valence-electron chi connectivity index (χ1n) is 14.7. The molecule has 0 aliphatic heterocycles. The molecule has 34 heavy (non-hydrogen) atoms. The first-order valence-corrected chi connectivity index (χ1v) is 14.7. The summed E-state index contributed by atoms with van der Waals surface area (Å²) in [6.07, 6.45) is 29.4. The zero-order valence-electron chi connectivity index (χ0n) is 22.7. The summed E-state index contributed by atoms with van der Waals surface area (Å²) in [4.78, 5) is 23.0. The Morgan fingerprint density at radius 1 is 0.618 bits per heavy atom. The number of unbranched alkanes of at least 4 members (excludes halogenated alkanes) is 15. The molecule has 0 fully saturated rings. The van der Waals surface area contributed by atoms with E-state index in [-0.39, 0.29) is 18.5 Å². The van der Waals surface area contributed by atoms with E-state index in [4.69, 9.17) is 9.84 Å². The number of carbonyl (C=O) groups is 2. The largest absolute Gasteiger partial charge is 0.481 e. The number of allylic oxidation sites excluding steroid dienone is 2. The number of carboxylic acid groups (broad SMARTS) is 1. The molecule has 0 heterocycles. The van der Waals surface area contributed by atoms with Gasteiger partial charge >= 0.3 is 11.9 Å².